The third kappa shape index (κ3) is 13.3. The highest BCUT2D eigenvalue weighted by molar-refractivity contribution is 7.78. The lowest BCUT2D eigenvalue weighted by Gasteiger charge is -2.16. The Bertz CT molecular complexity index is 323. The van der Waals surface area contributed by atoms with Crippen molar-refractivity contribution in [3.63, 3.8) is 0 Å². The molecule has 6 heteroatoms. The highest BCUT2D eigenvalue weighted by atomic mass is 32.1. The molecule has 0 aromatic rings. The van der Waals surface area contributed by atoms with E-state index in [0.29, 0.717) is 19.4 Å². The minimum atomic E-state index is -2.82. The van der Waals surface area contributed by atoms with E-state index in [4.69, 9.17) is 9.05 Å². The minimum Gasteiger partial charge on any atom is -0.309 e. The predicted octanol–water partition coefficient (Wildman–Crippen LogP) is 5.48. The van der Waals surface area contributed by atoms with E-state index in [1.54, 1.807) is 0 Å². The van der Waals surface area contributed by atoms with Crippen LogP contribution in [-0.2, 0) is 13.6 Å². The average Bonchev–Trinajstić information content (AvgIpc) is 2.45. The van der Waals surface area contributed by atoms with Crippen LogP contribution in [0.15, 0.2) is 4.99 Å². The fourth-order valence-corrected chi connectivity index (χ4v) is 3.98. The van der Waals surface area contributed by atoms with Gasteiger partial charge in [0.05, 0.1) is 24.5 Å². The Morgan fingerprint density at radius 3 is 1.86 bits per heavy atom. The first-order valence-electron chi connectivity index (χ1n) is 8.10. The van der Waals surface area contributed by atoms with Crippen molar-refractivity contribution in [3.05, 3.63) is 0 Å². The van der Waals surface area contributed by atoms with Crippen molar-refractivity contribution in [1.82, 2.24) is 0 Å². The smallest absolute Gasteiger partial charge is 0.309 e. The Balaban J connectivity index is 3.45. The van der Waals surface area contributed by atoms with Crippen LogP contribution < -0.4 is 0 Å². The van der Waals surface area contributed by atoms with Crippen molar-refractivity contribution >= 4 is 25.0 Å². The first kappa shape index (κ1) is 20.9. The Morgan fingerprint density at radius 2 is 1.38 bits per heavy atom. The van der Waals surface area contributed by atoms with Crippen LogP contribution in [-0.4, -0.2) is 31.1 Å². The molecular formula is C15H30NO3PS. The van der Waals surface area contributed by atoms with Gasteiger partial charge in [-0.25, -0.2) is 4.99 Å². The zero-order valence-electron chi connectivity index (χ0n) is 13.5. The first-order valence-corrected chi connectivity index (χ1v) is 10.2. The molecule has 0 aromatic heterocycles. The summed E-state index contributed by atoms with van der Waals surface area (Å²) in [5, 5.41) is 2.39. The standard InChI is InChI=1S/C15H30NO3PS/c1-3-18-20(17,19-4-2)14-12-10-8-6-5-7-9-11-13-16-15-21/h3-14H2,1-2H3. The van der Waals surface area contributed by atoms with Gasteiger partial charge in [0, 0.05) is 6.54 Å². The lowest BCUT2D eigenvalue weighted by Crippen LogP contribution is -2.00. The maximum absolute atomic E-state index is 12.2. The molecule has 0 bridgehead atoms. The molecule has 0 aromatic carbocycles. The predicted molar refractivity (Wildman–Crippen MR) is 92.6 cm³/mol. The summed E-state index contributed by atoms with van der Waals surface area (Å²) in [5.74, 6) is 0. The van der Waals surface area contributed by atoms with Gasteiger partial charge < -0.3 is 9.05 Å². The number of hydrogen-bond acceptors (Lipinski definition) is 5. The number of unbranched alkanes of at least 4 members (excludes halogenated alkanes) is 7. The van der Waals surface area contributed by atoms with Gasteiger partial charge in [-0.3, -0.25) is 4.57 Å². The number of aliphatic imine (C=N–C) groups is 1. The Labute approximate surface area is 135 Å². The highest BCUT2D eigenvalue weighted by Crippen LogP contribution is 2.48. The van der Waals surface area contributed by atoms with Crippen molar-refractivity contribution in [2.24, 2.45) is 4.99 Å². The quantitative estimate of drug-likeness (QED) is 0.172. The van der Waals surface area contributed by atoms with Crippen LogP contribution in [0, 0.1) is 0 Å². The van der Waals surface area contributed by atoms with E-state index < -0.39 is 7.60 Å². The zero-order chi connectivity index (χ0) is 15.8. The number of rotatable bonds is 15. The van der Waals surface area contributed by atoms with Gasteiger partial charge in [0.15, 0.2) is 0 Å². The molecule has 0 N–H and O–H groups in total. The van der Waals surface area contributed by atoms with Crippen molar-refractivity contribution < 1.29 is 13.6 Å². The van der Waals surface area contributed by atoms with E-state index in [9.17, 15) is 4.57 Å². The van der Waals surface area contributed by atoms with Crippen molar-refractivity contribution in [3.8, 4) is 0 Å². The van der Waals surface area contributed by atoms with Gasteiger partial charge >= 0.3 is 7.60 Å². The van der Waals surface area contributed by atoms with E-state index in [-0.39, 0.29) is 0 Å². The minimum absolute atomic E-state index is 0.449. The lowest BCUT2D eigenvalue weighted by molar-refractivity contribution is 0.219. The molecule has 124 valence electrons. The van der Waals surface area contributed by atoms with E-state index in [1.807, 2.05) is 13.8 Å². The van der Waals surface area contributed by atoms with Gasteiger partial charge in [-0.1, -0.05) is 38.5 Å². The van der Waals surface area contributed by atoms with Crippen LogP contribution in [0.5, 0.6) is 0 Å². The molecule has 0 fully saturated rings. The summed E-state index contributed by atoms with van der Waals surface area (Å²) in [6.45, 7) is 5.41. The number of isothiocyanates is 1. The van der Waals surface area contributed by atoms with Crippen LogP contribution in [0.3, 0.4) is 0 Å². The summed E-state index contributed by atoms with van der Waals surface area (Å²) < 4.78 is 22.8. The summed E-state index contributed by atoms with van der Waals surface area (Å²) in [5.41, 5.74) is 0. The molecule has 0 rings (SSSR count). The second-order valence-electron chi connectivity index (χ2n) is 4.97. The van der Waals surface area contributed by atoms with Gasteiger partial charge in [0.2, 0.25) is 0 Å². The molecule has 0 radical (unpaired) electrons. The fourth-order valence-electron chi connectivity index (χ4n) is 2.16. The summed E-state index contributed by atoms with van der Waals surface area (Å²) in [6.07, 6.45) is 9.82. The molecule has 0 aliphatic heterocycles. The maximum Gasteiger partial charge on any atom is 0.330 e. The van der Waals surface area contributed by atoms with Crippen LogP contribution in [0.4, 0.5) is 0 Å². The normalized spacial score (nSPS) is 11.3. The van der Waals surface area contributed by atoms with Gasteiger partial charge in [-0.05, 0) is 38.9 Å². The number of nitrogens with zero attached hydrogens (tertiary/aromatic N) is 1. The highest BCUT2D eigenvalue weighted by Gasteiger charge is 2.22. The van der Waals surface area contributed by atoms with E-state index in [2.05, 4.69) is 22.4 Å². The van der Waals surface area contributed by atoms with Crippen molar-refractivity contribution in [1.29, 1.82) is 0 Å². The second-order valence-corrected chi connectivity index (χ2v) is 7.34. The molecule has 4 nitrogen and oxygen atoms in total. The first-order chi connectivity index (χ1) is 10.2. The molecule has 0 atom stereocenters. The van der Waals surface area contributed by atoms with E-state index in [0.717, 1.165) is 25.8 Å². The van der Waals surface area contributed by atoms with Crippen LogP contribution in [0.25, 0.3) is 0 Å². The molecular weight excluding hydrogens is 305 g/mol. The van der Waals surface area contributed by atoms with Gasteiger partial charge in [0.25, 0.3) is 0 Å². The monoisotopic (exact) mass is 335 g/mol. The van der Waals surface area contributed by atoms with Gasteiger partial charge in [-0.2, -0.15) is 0 Å². The zero-order valence-corrected chi connectivity index (χ0v) is 15.2. The lowest BCUT2D eigenvalue weighted by atomic mass is 10.1. The fraction of sp³-hybridized carbons (Fsp3) is 0.933. The molecule has 0 saturated carbocycles. The molecule has 0 spiro atoms. The molecule has 0 amide bonds. The SMILES string of the molecule is CCOP(=O)(CCCCCCCCCCN=C=S)OCC. The van der Waals surface area contributed by atoms with E-state index >= 15 is 0 Å². The van der Waals surface area contributed by atoms with Crippen LogP contribution in [0.1, 0.15) is 65.2 Å². The van der Waals surface area contributed by atoms with Crippen molar-refractivity contribution in [2.45, 2.75) is 65.2 Å². The van der Waals surface area contributed by atoms with E-state index in [1.165, 1.54) is 32.1 Å². The summed E-state index contributed by atoms with van der Waals surface area (Å²) in [4.78, 5) is 3.90. The third-order valence-corrected chi connectivity index (χ3v) is 5.46. The Kier molecular flexibility index (Phi) is 14.8. The molecule has 0 saturated heterocycles. The number of hydrogen-bond donors (Lipinski definition) is 0. The third-order valence-electron chi connectivity index (χ3n) is 3.17. The Morgan fingerprint density at radius 1 is 0.905 bits per heavy atom. The molecule has 21 heavy (non-hydrogen) atoms. The molecule has 0 aliphatic rings. The average molecular weight is 335 g/mol. The topological polar surface area (TPSA) is 47.9 Å². The van der Waals surface area contributed by atoms with Gasteiger partial charge in [-0.15, -0.1) is 0 Å². The summed E-state index contributed by atoms with van der Waals surface area (Å²) >= 11 is 4.52. The summed E-state index contributed by atoms with van der Waals surface area (Å²) in [7, 11) is -2.82. The van der Waals surface area contributed by atoms with Crippen LogP contribution >= 0.6 is 19.8 Å². The van der Waals surface area contributed by atoms with Crippen molar-refractivity contribution in [2.75, 3.05) is 25.9 Å². The second kappa shape index (κ2) is 14.9. The van der Waals surface area contributed by atoms with Crippen LogP contribution in [0.2, 0.25) is 0 Å². The number of thiocarbonyl (C=S) groups is 1. The molecule has 0 heterocycles. The molecule has 0 unspecified atom stereocenters. The maximum atomic E-state index is 12.2. The largest absolute Gasteiger partial charge is 0.330 e. The summed E-state index contributed by atoms with van der Waals surface area (Å²) in [6, 6.07) is 0. The van der Waals surface area contributed by atoms with Gasteiger partial charge in [0.1, 0.15) is 0 Å². The Hall–Kier alpha value is -0.0500. The molecule has 0 aliphatic carbocycles.